The van der Waals surface area contributed by atoms with Gasteiger partial charge in [0.25, 0.3) is 5.91 Å². The highest BCUT2D eigenvalue weighted by molar-refractivity contribution is 6.01. The van der Waals surface area contributed by atoms with Gasteiger partial charge in [-0.05, 0) is 31.0 Å². The van der Waals surface area contributed by atoms with Gasteiger partial charge in [-0.3, -0.25) is 4.79 Å². The number of H-pyrrole nitrogens is 1. The smallest absolute Gasteiger partial charge is 0.257 e. The second-order valence-electron chi connectivity index (χ2n) is 7.68. The molecule has 0 fully saturated rings. The molecule has 2 heterocycles. The zero-order valence-corrected chi connectivity index (χ0v) is 17.6. The van der Waals surface area contributed by atoms with Crippen molar-refractivity contribution < 1.29 is 9.32 Å². The van der Waals surface area contributed by atoms with E-state index >= 15 is 0 Å². The number of rotatable bonds is 6. The molecule has 0 aliphatic heterocycles. The predicted molar refractivity (Wildman–Crippen MR) is 123 cm³/mol. The van der Waals surface area contributed by atoms with E-state index in [0.29, 0.717) is 29.3 Å². The van der Waals surface area contributed by atoms with Gasteiger partial charge < -0.3 is 14.8 Å². The van der Waals surface area contributed by atoms with Gasteiger partial charge in [-0.15, -0.1) is 0 Å². The number of para-hydroxylation sites is 2. The van der Waals surface area contributed by atoms with E-state index < -0.39 is 0 Å². The Morgan fingerprint density at radius 1 is 0.969 bits per heavy atom. The fourth-order valence-electron chi connectivity index (χ4n) is 3.87. The molecule has 32 heavy (non-hydrogen) atoms. The van der Waals surface area contributed by atoms with E-state index in [2.05, 4.69) is 15.5 Å². The van der Waals surface area contributed by atoms with Gasteiger partial charge in [-0.2, -0.15) is 0 Å². The van der Waals surface area contributed by atoms with Crippen molar-refractivity contribution in [1.82, 2.24) is 20.4 Å². The molecule has 5 aromatic rings. The molecule has 2 N–H and O–H groups in total. The number of fused-ring (bicyclic) bond motifs is 1. The lowest BCUT2D eigenvalue weighted by Gasteiger charge is -2.17. The summed E-state index contributed by atoms with van der Waals surface area (Å²) in [6, 6.07) is 27.1. The Kier molecular flexibility index (Phi) is 5.25. The minimum atomic E-state index is -0.352. The number of carbonyl (C=O) groups excluding carboxylic acids is 1. The maximum Gasteiger partial charge on any atom is 0.257 e. The van der Waals surface area contributed by atoms with E-state index in [-0.39, 0.29) is 11.9 Å². The first kappa shape index (κ1) is 19.8. The van der Waals surface area contributed by atoms with Crippen molar-refractivity contribution in [2.24, 2.45) is 0 Å². The number of nitrogens with zero attached hydrogens (tertiary/aromatic N) is 2. The third-order valence-corrected chi connectivity index (χ3v) is 5.46. The predicted octanol–water partition coefficient (Wildman–Crippen LogP) is 5.24. The normalized spacial score (nSPS) is 12.0. The lowest BCUT2D eigenvalue weighted by atomic mass is 10.0. The van der Waals surface area contributed by atoms with Crippen LogP contribution in [0, 0.1) is 6.92 Å². The second-order valence-corrected chi connectivity index (χ2v) is 7.68. The van der Waals surface area contributed by atoms with Crippen LogP contribution in [-0.4, -0.2) is 21.0 Å². The Hall–Kier alpha value is -4.19. The number of aromatic nitrogens is 3. The molecule has 1 atom stereocenters. The molecule has 0 spiro atoms. The number of hydrogen-bond acceptors (Lipinski definition) is 4. The van der Waals surface area contributed by atoms with Crippen LogP contribution in [0.3, 0.4) is 0 Å². The van der Waals surface area contributed by atoms with Crippen molar-refractivity contribution in [3.8, 4) is 11.3 Å². The van der Waals surface area contributed by atoms with E-state index in [1.165, 1.54) is 0 Å². The molecule has 6 heteroatoms. The van der Waals surface area contributed by atoms with Gasteiger partial charge >= 0.3 is 0 Å². The van der Waals surface area contributed by atoms with Gasteiger partial charge in [0.1, 0.15) is 22.8 Å². The van der Waals surface area contributed by atoms with Gasteiger partial charge in [0.15, 0.2) is 0 Å². The monoisotopic (exact) mass is 422 g/mol. The molecule has 6 nitrogen and oxygen atoms in total. The molecule has 0 saturated carbocycles. The van der Waals surface area contributed by atoms with Crippen molar-refractivity contribution in [2.75, 3.05) is 0 Å². The topological polar surface area (TPSA) is 83.8 Å². The molecule has 0 unspecified atom stereocenters. The number of amides is 1. The van der Waals surface area contributed by atoms with Gasteiger partial charge in [-0.25, -0.2) is 4.98 Å². The van der Waals surface area contributed by atoms with Gasteiger partial charge in [0.05, 0.1) is 17.1 Å². The first-order valence-corrected chi connectivity index (χ1v) is 10.5. The summed E-state index contributed by atoms with van der Waals surface area (Å²) in [5, 5.41) is 7.31. The van der Waals surface area contributed by atoms with E-state index in [0.717, 1.165) is 22.2 Å². The van der Waals surface area contributed by atoms with Crippen molar-refractivity contribution in [2.45, 2.75) is 19.4 Å². The van der Waals surface area contributed by atoms with Crippen LogP contribution in [0.15, 0.2) is 89.5 Å². The zero-order valence-electron chi connectivity index (χ0n) is 17.6. The van der Waals surface area contributed by atoms with E-state index in [1.807, 2.05) is 84.9 Å². The lowest BCUT2D eigenvalue weighted by molar-refractivity contribution is 0.0934. The van der Waals surface area contributed by atoms with E-state index in [1.54, 1.807) is 6.92 Å². The number of hydrogen-bond donors (Lipinski definition) is 2. The summed E-state index contributed by atoms with van der Waals surface area (Å²) < 4.78 is 5.39. The first-order chi connectivity index (χ1) is 15.7. The summed E-state index contributed by atoms with van der Waals surface area (Å²) in [5.41, 5.74) is 4.69. The Morgan fingerprint density at radius 3 is 2.41 bits per heavy atom. The van der Waals surface area contributed by atoms with Gasteiger partial charge in [-0.1, -0.05) is 78.0 Å². The molecule has 0 radical (unpaired) electrons. The largest absolute Gasteiger partial charge is 0.360 e. The highest BCUT2D eigenvalue weighted by atomic mass is 16.5. The Labute approximate surface area is 185 Å². The lowest BCUT2D eigenvalue weighted by Crippen LogP contribution is -2.31. The van der Waals surface area contributed by atoms with Gasteiger partial charge in [0, 0.05) is 5.56 Å². The maximum atomic E-state index is 13.5. The van der Waals surface area contributed by atoms with Crippen LogP contribution in [-0.2, 0) is 6.42 Å². The fourth-order valence-corrected chi connectivity index (χ4v) is 3.87. The molecule has 0 aliphatic rings. The van der Waals surface area contributed by atoms with Crippen molar-refractivity contribution in [3.63, 3.8) is 0 Å². The van der Waals surface area contributed by atoms with Crippen LogP contribution in [0.2, 0.25) is 0 Å². The molecule has 0 saturated heterocycles. The molecule has 2 aromatic heterocycles. The van der Waals surface area contributed by atoms with Crippen molar-refractivity contribution in [3.05, 3.63) is 108 Å². The van der Waals surface area contributed by atoms with Crippen LogP contribution >= 0.6 is 0 Å². The molecule has 5 rings (SSSR count). The number of aryl methyl sites for hydroxylation is 1. The number of nitrogens with one attached hydrogen (secondary N) is 2. The van der Waals surface area contributed by atoms with Crippen molar-refractivity contribution in [1.29, 1.82) is 0 Å². The molecule has 158 valence electrons. The highest BCUT2D eigenvalue weighted by Gasteiger charge is 2.26. The third kappa shape index (κ3) is 3.90. The fraction of sp³-hybridized carbons (Fsp3) is 0.115. The van der Waals surface area contributed by atoms with E-state index in [9.17, 15) is 4.79 Å². The van der Waals surface area contributed by atoms with Crippen LogP contribution in [0.25, 0.3) is 22.3 Å². The zero-order chi connectivity index (χ0) is 21.9. The Morgan fingerprint density at radius 2 is 1.66 bits per heavy atom. The Balaban J connectivity index is 1.50. The summed E-state index contributed by atoms with van der Waals surface area (Å²) >= 11 is 0. The first-order valence-electron chi connectivity index (χ1n) is 10.5. The van der Waals surface area contributed by atoms with Crippen LogP contribution < -0.4 is 5.32 Å². The highest BCUT2D eigenvalue weighted by Crippen LogP contribution is 2.27. The third-order valence-electron chi connectivity index (χ3n) is 5.46. The second kappa shape index (κ2) is 8.51. The number of aromatic amines is 1. The molecular formula is C26H22N4O2. The molecule has 3 aromatic carbocycles. The summed E-state index contributed by atoms with van der Waals surface area (Å²) in [7, 11) is 0. The quantitative estimate of drug-likeness (QED) is 0.392. The SMILES string of the molecule is Cc1onc(-c2ccccc2)c1C(=O)N[C@H](Cc1ccccc1)c1nc2ccccc2[nH]1. The number of carbonyl (C=O) groups is 1. The average Bonchev–Trinajstić information content (AvgIpc) is 3.43. The molecule has 1 amide bonds. The summed E-state index contributed by atoms with van der Waals surface area (Å²) in [5.74, 6) is 0.937. The van der Waals surface area contributed by atoms with Crippen molar-refractivity contribution >= 4 is 16.9 Å². The molecule has 0 bridgehead atoms. The Bertz CT molecular complexity index is 1320. The summed E-state index contributed by atoms with van der Waals surface area (Å²) in [4.78, 5) is 21.6. The van der Waals surface area contributed by atoms with Crippen LogP contribution in [0.1, 0.15) is 33.5 Å². The molecular weight excluding hydrogens is 400 g/mol. The van der Waals surface area contributed by atoms with Crippen LogP contribution in [0.5, 0.6) is 0 Å². The number of benzene rings is 3. The average molecular weight is 422 g/mol. The van der Waals surface area contributed by atoms with E-state index in [4.69, 9.17) is 9.51 Å². The van der Waals surface area contributed by atoms with Gasteiger partial charge in [0.2, 0.25) is 0 Å². The van der Waals surface area contributed by atoms with Crippen LogP contribution in [0.4, 0.5) is 0 Å². The maximum absolute atomic E-state index is 13.5. The minimum absolute atomic E-state index is 0.246. The summed E-state index contributed by atoms with van der Waals surface area (Å²) in [6.07, 6.45) is 0.595. The standard InChI is InChI=1S/C26H22N4O2/c1-17-23(24(30-32-17)19-12-6-3-7-13-19)26(31)29-22(16-18-10-4-2-5-11-18)25-27-20-14-8-9-15-21(20)28-25/h2-15,22H,16H2,1H3,(H,27,28)(H,29,31)/t22-/m1/s1. The summed E-state index contributed by atoms with van der Waals surface area (Å²) in [6.45, 7) is 1.75. The minimum Gasteiger partial charge on any atom is -0.360 e. The number of imidazole rings is 1. The molecule has 0 aliphatic carbocycles.